The summed E-state index contributed by atoms with van der Waals surface area (Å²) in [5, 5.41) is 14.1. The molecule has 2 heterocycles. The molecule has 0 saturated heterocycles. The fourth-order valence-electron chi connectivity index (χ4n) is 1.42. The molecule has 2 N–H and O–H groups in total. The Kier molecular flexibility index (Phi) is 1.80. The summed E-state index contributed by atoms with van der Waals surface area (Å²) in [5.41, 5.74) is 0.238. The maximum Gasteiger partial charge on any atom is 0.253 e. The van der Waals surface area contributed by atoms with Gasteiger partial charge in [0, 0.05) is 12.1 Å². The summed E-state index contributed by atoms with van der Waals surface area (Å²) >= 11 is 0. The summed E-state index contributed by atoms with van der Waals surface area (Å²) in [7, 11) is 0. The van der Waals surface area contributed by atoms with Crippen LogP contribution in [0.5, 0.6) is 5.75 Å². The number of aromatic hydroxyl groups is 1. The van der Waals surface area contributed by atoms with Crippen LogP contribution in [0.25, 0.3) is 11.0 Å². The lowest BCUT2D eigenvalue weighted by molar-refractivity contribution is 0.480. The molecule has 0 saturated carbocycles. The number of rotatable bonds is 1. The van der Waals surface area contributed by atoms with E-state index < -0.39 is 0 Å². The van der Waals surface area contributed by atoms with Crippen LogP contribution < -0.4 is 5.56 Å². The van der Waals surface area contributed by atoms with Crippen molar-refractivity contribution < 1.29 is 5.11 Å². The van der Waals surface area contributed by atoms with Crippen LogP contribution in [0.2, 0.25) is 0 Å². The Morgan fingerprint density at radius 3 is 2.93 bits per heavy atom. The predicted molar refractivity (Wildman–Crippen MR) is 52.4 cm³/mol. The number of aromatic nitrogens is 3. The Morgan fingerprint density at radius 1 is 1.57 bits per heavy atom. The maximum absolute atomic E-state index is 11.1. The number of fused-ring (bicyclic) bond motifs is 1. The molecule has 2 rings (SSSR count). The van der Waals surface area contributed by atoms with Crippen LogP contribution in [-0.2, 0) is 0 Å². The molecule has 0 aliphatic rings. The van der Waals surface area contributed by atoms with Crippen molar-refractivity contribution in [3.05, 3.63) is 22.6 Å². The van der Waals surface area contributed by atoms with Gasteiger partial charge in [-0.2, -0.15) is 5.10 Å². The van der Waals surface area contributed by atoms with Crippen molar-refractivity contribution in [3.63, 3.8) is 0 Å². The van der Waals surface area contributed by atoms with Gasteiger partial charge in [-0.15, -0.1) is 0 Å². The summed E-state index contributed by atoms with van der Waals surface area (Å²) in [6.45, 7) is 3.91. The second-order valence-corrected chi connectivity index (χ2v) is 3.46. The zero-order valence-electron chi connectivity index (χ0n) is 7.98. The number of hydrogen-bond donors (Lipinski definition) is 2. The average molecular weight is 193 g/mol. The van der Waals surface area contributed by atoms with Crippen molar-refractivity contribution in [1.82, 2.24) is 14.8 Å². The van der Waals surface area contributed by atoms with Gasteiger partial charge in [-0.1, -0.05) is 0 Å². The Bertz CT molecular complexity index is 524. The quantitative estimate of drug-likeness (QED) is 0.710. The van der Waals surface area contributed by atoms with E-state index in [9.17, 15) is 9.90 Å². The predicted octanol–water partition coefficient (Wildman–Crippen LogP) is 1.01. The zero-order chi connectivity index (χ0) is 10.3. The molecule has 2 aromatic heterocycles. The monoisotopic (exact) mass is 193 g/mol. The van der Waals surface area contributed by atoms with Gasteiger partial charge >= 0.3 is 0 Å². The Balaban J connectivity index is 2.85. The van der Waals surface area contributed by atoms with E-state index in [1.54, 1.807) is 10.9 Å². The molecular weight excluding hydrogens is 182 g/mol. The molecule has 0 unspecified atom stereocenters. The van der Waals surface area contributed by atoms with E-state index in [0.717, 1.165) is 6.07 Å². The minimum atomic E-state index is -0.322. The van der Waals surface area contributed by atoms with Crippen LogP contribution in [0.15, 0.2) is 17.1 Å². The first-order chi connectivity index (χ1) is 6.59. The normalized spacial score (nSPS) is 11.4. The molecule has 74 valence electrons. The topological polar surface area (TPSA) is 70.9 Å². The number of nitrogens with one attached hydrogen (secondary N) is 1. The number of hydrogen-bond acceptors (Lipinski definition) is 3. The highest BCUT2D eigenvalue weighted by Gasteiger charge is 2.09. The molecule has 0 aromatic carbocycles. The van der Waals surface area contributed by atoms with Gasteiger partial charge < -0.3 is 10.1 Å². The second kappa shape index (κ2) is 2.87. The van der Waals surface area contributed by atoms with E-state index in [4.69, 9.17) is 0 Å². The number of H-pyrrole nitrogens is 1. The van der Waals surface area contributed by atoms with Crippen molar-refractivity contribution in [2.24, 2.45) is 0 Å². The summed E-state index contributed by atoms with van der Waals surface area (Å²) in [6.07, 6.45) is 1.54. The van der Waals surface area contributed by atoms with Crippen molar-refractivity contribution in [1.29, 1.82) is 0 Å². The SMILES string of the molecule is CC(C)n1ncc2c(O)cc(=O)[nH]c21. The van der Waals surface area contributed by atoms with E-state index in [-0.39, 0.29) is 17.4 Å². The lowest BCUT2D eigenvalue weighted by Gasteiger charge is -2.06. The summed E-state index contributed by atoms with van der Waals surface area (Å²) < 4.78 is 1.66. The highest BCUT2D eigenvalue weighted by molar-refractivity contribution is 5.81. The highest BCUT2D eigenvalue weighted by atomic mass is 16.3. The zero-order valence-corrected chi connectivity index (χ0v) is 7.98. The minimum absolute atomic E-state index is 0.0318. The van der Waals surface area contributed by atoms with Gasteiger partial charge in [0.2, 0.25) is 0 Å². The first-order valence-electron chi connectivity index (χ1n) is 4.39. The van der Waals surface area contributed by atoms with Gasteiger partial charge in [0.1, 0.15) is 11.4 Å². The largest absolute Gasteiger partial charge is 0.507 e. The van der Waals surface area contributed by atoms with Gasteiger partial charge in [0.15, 0.2) is 0 Å². The third-order valence-electron chi connectivity index (χ3n) is 2.07. The third-order valence-corrected chi connectivity index (χ3v) is 2.07. The van der Waals surface area contributed by atoms with Crippen LogP contribution in [0.1, 0.15) is 19.9 Å². The molecule has 0 atom stereocenters. The van der Waals surface area contributed by atoms with Crippen molar-refractivity contribution in [3.8, 4) is 5.75 Å². The minimum Gasteiger partial charge on any atom is -0.507 e. The number of aromatic amines is 1. The Hall–Kier alpha value is -1.78. The molecule has 5 nitrogen and oxygen atoms in total. The molecule has 0 radical (unpaired) electrons. The molecule has 0 aliphatic carbocycles. The lowest BCUT2D eigenvalue weighted by atomic mass is 10.3. The number of pyridine rings is 1. The molecule has 0 aliphatic heterocycles. The van der Waals surface area contributed by atoms with E-state index in [0.29, 0.717) is 11.0 Å². The second-order valence-electron chi connectivity index (χ2n) is 3.46. The molecule has 0 fully saturated rings. The van der Waals surface area contributed by atoms with Crippen LogP contribution in [0, 0.1) is 0 Å². The third kappa shape index (κ3) is 1.17. The molecule has 0 amide bonds. The van der Waals surface area contributed by atoms with Crippen LogP contribution in [0.3, 0.4) is 0 Å². The van der Waals surface area contributed by atoms with Crippen LogP contribution in [0.4, 0.5) is 0 Å². The standard InChI is InChI=1S/C9H11N3O2/c1-5(2)12-9-6(4-10-12)7(13)3-8(14)11-9/h3-5H,1-2H3,(H2,11,13,14). The van der Waals surface area contributed by atoms with Crippen LogP contribution in [-0.4, -0.2) is 19.9 Å². The summed E-state index contributed by atoms with van der Waals surface area (Å²) in [4.78, 5) is 13.8. The molecule has 5 heteroatoms. The highest BCUT2D eigenvalue weighted by Crippen LogP contribution is 2.21. The molecule has 2 aromatic rings. The van der Waals surface area contributed by atoms with Gasteiger partial charge in [-0.3, -0.25) is 4.79 Å². The van der Waals surface area contributed by atoms with E-state index in [1.165, 1.54) is 0 Å². The van der Waals surface area contributed by atoms with Crippen molar-refractivity contribution >= 4 is 11.0 Å². The first-order valence-corrected chi connectivity index (χ1v) is 4.39. The maximum atomic E-state index is 11.1. The lowest BCUT2D eigenvalue weighted by Crippen LogP contribution is -2.09. The van der Waals surface area contributed by atoms with E-state index >= 15 is 0 Å². The first kappa shape index (κ1) is 8.80. The fourth-order valence-corrected chi connectivity index (χ4v) is 1.42. The Labute approximate surface area is 80.0 Å². The molecule has 14 heavy (non-hydrogen) atoms. The summed E-state index contributed by atoms with van der Waals surface area (Å²) in [5.74, 6) is -0.0318. The van der Waals surface area contributed by atoms with Crippen molar-refractivity contribution in [2.75, 3.05) is 0 Å². The van der Waals surface area contributed by atoms with Crippen molar-refractivity contribution in [2.45, 2.75) is 19.9 Å². The van der Waals surface area contributed by atoms with E-state index in [1.807, 2.05) is 13.8 Å². The number of nitrogens with zero attached hydrogens (tertiary/aromatic N) is 2. The average Bonchev–Trinajstić information content (AvgIpc) is 2.47. The van der Waals surface area contributed by atoms with Gasteiger partial charge in [0.25, 0.3) is 5.56 Å². The molecule has 0 bridgehead atoms. The summed E-state index contributed by atoms with van der Waals surface area (Å²) in [6, 6.07) is 1.29. The van der Waals surface area contributed by atoms with Crippen LogP contribution >= 0.6 is 0 Å². The van der Waals surface area contributed by atoms with Gasteiger partial charge in [0.05, 0.1) is 11.6 Å². The molecular formula is C9H11N3O2. The Morgan fingerprint density at radius 2 is 2.29 bits per heavy atom. The molecule has 0 spiro atoms. The smallest absolute Gasteiger partial charge is 0.253 e. The van der Waals surface area contributed by atoms with E-state index in [2.05, 4.69) is 10.1 Å². The fraction of sp³-hybridized carbons (Fsp3) is 0.333. The van der Waals surface area contributed by atoms with Gasteiger partial charge in [-0.05, 0) is 13.8 Å². The van der Waals surface area contributed by atoms with Gasteiger partial charge in [-0.25, -0.2) is 4.68 Å².